The first-order valence-electron chi connectivity index (χ1n) is 6.18. The van der Waals surface area contributed by atoms with Gasteiger partial charge in [-0.25, -0.2) is 8.42 Å². The third-order valence-electron chi connectivity index (χ3n) is 3.22. The summed E-state index contributed by atoms with van der Waals surface area (Å²) < 4.78 is 24.2. The van der Waals surface area contributed by atoms with Gasteiger partial charge in [0.15, 0.2) is 9.84 Å². The van der Waals surface area contributed by atoms with Crippen molar-refractivity contribution in [1.29, 1.82) is 0 Å². The number of para-hydroxylation sites is 2. The number of nitrogens with one attached hydrogen (secondary N) is 1. The Morgan fingerprint density at radius 1 is 1.32 bits per heavy atom. The van der Waals surface area contributed by atoms with Crippen LogP contribution in [0.2, 0.25) is 0 Å². The van der Waals surface area contributed by atoms with E-state index in [-0.39, 0.29) is 0 Å². The fraction of sp³-hybridized carbons (Fsp3) is 0.462. The predicted molar refractivity (Wildman–Crippen MR) is 77.6 cm³/mol. The van der Waals surface area contributed by atoms with Gasteiger partial charge in [-0.3, -0.25) is 4.79 Å². The molecule has 0 aliphatic heterocycles. The van der Waals surface area contributed by atoms with Gasteiger partial charge in [0.25, 0.3) is 0 Å². The number of carbonyl (C=O) groups is 1. The summed E-state index contributed by atoms with van der Waals surface area (Å²) in [6.07, 6.45) is 0.480. The molecule has 106 valence electrons. The van der Waals surface area contributed by atoms with Crippen molar-refractivity contribution in [3.8, 4) is 0 Å². The molecule has 1 amide bonds. The average molecular weight is 284 g/mol. The smallest absolute Gasteiger partial charge is 0.242 e. The largest absolute Gasteiger partial charge is 0.397 e. The normalized spacial score (nSPS) is 14.7. The molecule has 0 fully saturated rings. The van der Waals surface area contributed by atoms with Crippen LogP contribution in [0.4, 0.5) is 11.4 Å². The van der Waals surface area contributed by atoms with Gasteiger partial charge < -0.3 is 11.1 Å². The van der Waals surface area contributed by atoms with Crippen LogP contribution in [0.3, 0.4) is 0 Å². The van der Waals surface area contributed by atoms with Gasteiger partial charge in [0.05, 0.1) is 16.6 Å². The highest BCUT2D eigenvalue weighted by atomic mass is 32.2. The second-order valence-electron chi connectivity index (χ2n) is 4.53. The summed E-state index contributed by atoms with van der Waals surface area (Å²) in [5.41, 5.74) is 6.54. The highest BCUT2D eigenvalue weighted by molar-refractivity contribution is 7.93. The molecule has 0 aromatic heterocycles. The van der Waals surface area contributed by atoms with E-state index < -0.39 is 26.2 Å². The Balaban J connectivity index is 2.88. The third kappa shape index (κ3) is 3.47. The maximum absolute atomic E-state index is 12.1. The Morgan fingerprint density at radius 2 is 1.89 bits per heavy atom. The average Bonchev–Trinajstić information content (AvgIpc) is 2.39. The number of sulfone groups is 1. The van der Waals surface area contributed by atoms with Crippen LogP contribution in [0.25, 0.3) is 0 Å². The molecule has 1 aromatic carbocycles. The third-order valence-corrected chi connectivity index (χ3v) is 5.87. The quantitative estimate of drug-likeness (QED) is 0.807. The van der Waals surface area contributed by atoms with E-state index in [0.717, 1.165) is 0 Å². The molecule has 0 aliphatic rings. The Morgan fingerprint density at radius 3 is 2.42 bits per heavy atom. The molecular weight excluding hydrogens is 264 g/mol. The summed E-state index contributed by atoms with van der Waals surface area (Å²) in [4.78, 5) is 12.0. The van der Waals surface area contributed by atoms with Crippen molar-refractivity contribution in [1.82, 2.24) is 0 Å². The summed E-state index contributed by atoms with van der Waals surface area (Å²) in [5.74, 6) is -0.557. The summed E-state index contributed by atoms with van der Waals surface area (Å²) >= 11 is 0. The molecule has 0 aliphatic carbocycles. The van der Waals surface area contributed by atoms with Crippen molar-refractivity contribution < 1.29 is 13.2 Å². The molecule has 0 radical (unpaired) electrons. The monoisotopic (exact) mass is 284 g/mol. The van der Waals surface area contributed by atoms with Crippen LogP contribution in [0, 0.1) is 0 Å². The number of nitrogen functional groups attached to an aromatic ring is 1. The molecule has 2 unspecified atom stereocenters. The molecular formula is C13H20N2O3S. The Labute approximate surface area is 114 Å². The van der Waals surface area contributed by atoms with Gasteiger partial charge in [-0.15, -0.1) is 0 Å². The van der Waals surface area contributed by atoms with Crippen LogP contribution >= 0.6 is 0 Å². The van der Waals surface area contributed by atoms with E-state index in [2.05, 4.69) is 5.32 Å². The van der Waals surface area contributed by atoms with E-state index in [1.807, 2.05) is 0 Å². The summed E-state index contributed by atoms with van der Waals surface area (Å²) in [7, 11) is -3.47. The lowest BCUT2D eigenvalue weighted by molar-refractivity contribution is -0.115. The van der Waals surface area contributed by atoms with Gasteiger partial charge in [0.1, 0.15) is 5.25 Å². The summed E-state index contributed by atoms with van der Waals surface area (Å²) in [6, 6.07) is 6.74. The molecule has 1 rings (SSSR count). The van der Waals surface area contributed by atoms with Gasteiger partial charge >= 0.3 is 0 Å². The predicted octanol–water partition coefficient (Wildman–Crippen LogP) is 1.81. The number of benzene rings is 1. The lowest BCUT2D eigenvalue weighted by Gasteiger charge is -2.17. The van der Waals surface area contributed by atoms with Crippen molar-refractivity contribution in [3.63, 3.8) is 0 Å². The fourth-order valence-electron chi connectivity index (χ4n) is 1.58. The molecule has 5 nitrogen and oxygen atoms in total. The minimum absolute atomic E-state index is 0.406. The zero-order chi connectivity index (χ0) is 14.6. The number of amides is 1. The van der Waals surface area contributed by atoms with Crippen LogP contribution in [-0.4, -0.2) is 24.8 Å². The number of hydrogen-bond acceptors (Lipinski definition) is 4. The topological polar surface area (TPSA) is 89.3 Å². The number of hydrogen-bond donors (Lipinski definition) is 2. The molecule has 0 heterocycles. The molecule has 1 aromatic rings. The van der Waals surface area contributed by atoms with Crippen LogP contribution in [0.15, 0.2) is 24.3 Å². The van der Waals surface area contributed by atoms with Crippen LogP contribution < -0.4 is 11.1 Å². The Hall–Kier alpha value is -1.56. The first kappa shape index (κ1) is 15.5. The van der Waals surface area contributed by atoms with Crippen molar-refractivity contribution >= 4 is 27.1 Å². The van der Waals surface area contributed by atoms with Crippen LogP contribution in [-0.2, 0) is 14.6 Å². The van der Waals surface area contributed by atoms with Gasteiger partial charge in [-0.1, -0.05) is 19.1 Å². The van der Waals surface area contributed by atoms with Crippen LogP contribution in [0.5, 0.6) is 0 Å². The van der Waals surface area contributed by atoms with Gasteiger partial charge in [0, 0.05) is 0 Å². The van der Waals surface area contributed by atoms with Gasteiger partial charge in [-0.05, 0) is 32.4 Å². The van der Waals surface area contributed by atoms with Crippen LogP contribution in [0.1, 0.15) is 27.2 Å². The highest BCUT2D eigenvalue weighted by Gasteiger charge is 2.32. The Kier molecular flexibility index (Phi) is 4.94. The molecule has 3 N–H and O–H groups in total. The zero-order valence-electron chi connectivity index (χ0n) is 11.4. The van der Waals surface area contributed by atoms with Crippen molar-refractivity contribution in [2.75, 3.05) is 11.1 Å². The number of carbonyl (C=O) groups excluding carboxylic acids is 1. The molecule has 0 saturated heterocycles. The summed E-state index contributed by atoms with van der Waals surface area (Å²) in [5, 5.41) is 0.916. The first-order valence-corrected chi connectivity index (χ1v) is 7.79. The second-order valence-corrected chi connectivity index (χ2v) is 7.22. The molecule has 0 bridgehead atoms. The SMILES string of the molecule is CCC(C)S(=O)(=O)C(C)C(=O)Nc1ccccc1N. The molecule has 6 heteroatoms. The second kappa shape index (κ2) is 6.06. The van der Waals surface area contributed by atoms with Crippen molar-refractivity contribution in [2.45, 2.75) is 37.7 Å². The summed E-state index contributed by atoms with van der Waals surface area (Å²) in [6.45, 7) is 4.79. The van der Waals surface area contributed by atoms with E-state index in [0.29, 0.717) is 17.8 Å². The highest BCUT2D eigenvalue weighted by Crippen LogP contribution is 2.19. The van der Waals surface area contributed by atoms with E-state index in [1.165, 1.54) is 6.92 Å². The maximum atomic E-state index is 12.1. The van der Waals surface area contributed by atoms with Gasteiger partial charge in [-0.2, -0.15) is 0 Å². The maximum Gasteiger partial charge on any atom is 0.242 e. The molecule has 0 spiro atoms. The lowest BCUT2D eigenvalue weighted by atomic mass is 10.2. The number of anilines is 2. The van der Waals surface area contributed by atoms with E-state index in [4.69, 9.17) is 5.73 Å². The standard InChI is InChI=1S/C13H20N2O3S/c1-4-9(2)19(17,18)10(3)13(16)15-12-8-6-5-7-11(12)14/h5-10H,4,14H2,1-3H3,(H,15,16). The fourth-order valence-corrected chi connectivity index (χ4v) is 3.09. The van der Waals surface area contributed by atoms with Crippen molar-refractivity contribution in [2.24, 2.45) is 0 Å². The minimum atomic E-state index is -3.47. The van der Waals surface area contributed by atoms with Crippen molar-refractivity contribution in [3.05, 3.63) is 24.3 Å². The van der Waals surface area contributed by atoms with E-state index >= 15 is 0 Å². The number of rotatable bonds is 5. The lowest BCUT2D eigenvalue weighted by Crippen LogP contribution is -2.37. The minimum Gasteiger partial charge on any atom is -0.397 e. The number of nitrogens with two attached hydrogens (primary N) is 1. The Bertz CT molecular complexity index is 555. The molecule has 0 saturated carbocycles. The molecule has 2 atom stereocenters. The first-order chi connectivity index (χ1) is 8.80. The van der Waals surface area contributed by atoms with E-state index in [9.17, 15) is 13.2 Å². The molecule has 19 heavy (non-hydrogen) atoms. The zero-order valence-corrected chi connectivity index (χ0v) is 12.2. The van der Waals surface area contributed by atoms with E-state index in [1.54, 1.807) is 38.1 Å². The van der Waals surface area contributed by atoms with Gasteiger partial charge in [0.2, 0.25) is 5.91 Å².